The number of benzene rings is 1. The maximum atomic E-state index is 12.1. The van der Waals surface area contributed by atoms with Gasteiger partial charge in [-0.1, -0.05) is 0 Å². The molecule has 19 heavy (non-hydrogen) atoms. The number of halogens is 3. The van der Waals surface area contributed by atoms with Gasteiger partial charge in [-0.15, -0.1) is 0 Å². The molecule has 0 heterocycles. The average Bonchev–Trinajstić information content (AvgIpc) is 2.27. The fourth-order valence-corrected chi connectivity index (χ4v) is 1.73. The Balaban J connectivity index is 2.77. The second-order valence-corrected chi connectivity index (χ2v) is 5.40. The topological polar surface area (TPSA) is 52.9 Å². The monoisotopic (exact) mass is 288 g/mol. The van der Waals surface area contributed by atoms with Gasteiger partial charge in [-0.05, 0) is 49.9 Å². The second kappa shape index (κ2) is 5.53. The largest absolute Gasteiger partial charge is 0.446 e. The molecule has 1 N–H and O–H groups in total. The number of nitriles is 1. The molecule has 0 spiro atoms. The zero-order valence-electron chi connectivity index (χ0n) is 10.2. The van der Waals surface area contributed by atoms with Crippen LogP contribution < -0.4 is 5.32 Å². The summed E-state index contributed by atoms with van der Waals surface area (Å²) in [5, 5.41) is 11.2. The van der Waals surface area contributed by atoms with Crippen molar-refractivity contribution < 1.29 is 18.0 Å². The van der Waals surface area contributed by atoms with Crippen molar-refractivity contribution in [2.24, 2.45) is 0 Å². The Hall–Kier alpha value is -1.68. The number of hydrogen-bond donors (Lipinski definition) is 1. The van der Waals surface area contributed by atoms with Gasteiger partial charge in [-0.25, -0.2) is 0 Å². The molecule has 1 amide bonds. The van der Waals surface area contributed by atoms with Crippen molar-refractivity contribution in [3.8, 4) is 6.07 Å². The fourth-order valence-electron chi connectivity index (χ4n) is 1.19. The molecular weight excluding hydrogens is 277 g/mol. The number of amides is 1. The Kier molecular flexibility index (Phi) is 4.48. The summed E-state index contributed by atoms with van der Waals surface area (Å²) in [4.78, 5) is 11.7. The highest BCUT2D eigenvalue weighted by Crippen LogP contribution is 2.36. The van der Waals surface area contributed by atoms with Crippen LogP contribution in [0.25, 0.3) is 0 Å². The van der Waals surface area contributed by atoms with E-state index in [4.69, 9.17) is 5.26 Å². The molecule has 0 fully saturated rings. The Labute approximate surface area is 112 Å². The molecule has 0 aliphatic heterocycles. The summed E-state index contributed by atoms with van der Waals surface area (Å²) in [7, 11) is 0. The minimum Gasteiger partial charge on any atom is -0.334 e. The number of hydrogen-bond acceptors (Lipinski definition) is 3. The Morgan fingerprint density at radius 2 is 1.79 bits per heavy atom. The Morgan fingerprint density at radius 1 is 1.26 bits per heavy atom. The predicted molar refractivity (Wildman–Crippen MR) is 65.5 cm³/mol. The molecule has 1 aromatic rings. The molecular formula is C12H11F3N2OS. The first-order valence-corrected chi connectivity index (χ1v) is 6.04. The number of nitrogens with zero attached hydrogens (tertiary/aromatic N) is 1. The molecule has 1 rings (SSSR count). The van der Waals surface area contributed by atoms with Crippen LogP contribution in [0.4, 0.5) is 13.2 Å². The van der Waals surface area contributed by atoms with Gasteiger partial charge in [0.2, 0.25) is 0 Å². The molecule has 0 aromatic heterocycles. The van der Waals surface area contributed by atoms with Crippen LogP contribution in [0, 0.1) is 11.3 Å². The quantitative estimate of drug-likeness (QED) is 0.868. The van der Waals surface area contributed by atoms with E-state index in [2.05, 4.69) is 5.32 Å². The van der Waals surface area contributed by atoms with Crippen LogP contribution in [-0.2, 0) is 0 Å². The number of carbonyl (C=O) groups excluding carboxylic acids is 1. The number of alkyl halides is 3. The van der Waals surface area contributed by atoms with Crippen LogP contribution in [0.1, 0.15) is 24.2 Å². The third-order valence-electron chi connectivity index (χ3n) is 2.06. The van der Waals surface area contributed by atoms with E-state index in [0.717, 1.165) is 0 Å². The smallest absolute Gasteiger partial charge is 0.334 e. The SMILES string of the molecule is CC(C)(C#N)NC(=O)c1ccc(SC(F)(F)F)cc1. The molecule has 0 radical (unpaired) electrons. The van der Waals surface area contributed by atoms with Crippen molar-refractivity contribution in [1.29, 1.82) is 5.26 Å². The molecule has 3 nitrogen and oxygen atoms in total. The van der Waals surface area contributed by atoms with E-state index < -0.39 is 17.0 Å². The van der Waals surface area contributed by atoms with E-state index in [0.29, 0.717) is 0 Å². The van der Waals surface area contributed by atoms with Crippen molar-refractivity contribution in [3.63, 3.8) is 0 Å². The van der Waals surface area contributed by atoms with Crippen LogP contribution in [0.2, 0.25) is 0 Å². The Bertz CT molecular complexity index is 503. The normalized spacial score (nSPS) is 11.8. The Morgan fingerprint density at radius 3 is 2.21 bits per heavy atom. The van der Waals surface area contributed by atoms with Crippen molar-refractivity contribution >= 4 is 17.7 Å². The standard InChI is InChI=1S/C12H11F3N2OS/c1-11(2,7-16)17-10(18)8-3-5-9(6-4-8)19-12(13,14)15/h3-6H,1-2H3,(H,17,18). The molecule has 1 aromatic carbocycles. The summed E-state index contributed by atoms with van der Waals surface area (Å²) in [5.74, 6) is -0.505. The summed E-state index contributed by atoms with van der Waals surface area (Å²) in [6.07, 6.45) is 0. The van der Waals surface area contributed by atoms with E-state index in [1.165, 1.54) is 38.1 Å². The lowest BCUT2D eigenvalue weighted by Gasteiger charge is -2.17. The minimum atomic E-state index is -4.35. The van der Waals surface area contributed by atoms with Crippen LogP contribution in [-0.4, -0.2) is 17.0 Å². The summed E-state index contributed by atoms with van der Waals surface area (Å²) < 4.78 is 36.3. The summed E-state index contributed by atoms with van der Waals surface area (Å²) in [6.45, 7) is 3.05. The summed E-state index contributed by atoms with van der Waals surface area (Å²) in [6, 6.07) is 6.91. The van der Waals surface area contributed by atoms with Crippen molar-refractivity contribution in [2.75, 3.05) is 0 Å². The highest BCUT2D eigenvalue weighted by molar-refractivity contribution is 8.00. The number of carbonyl (C=O) groups is 1. The van der Waals surface area contributed by atoms with Crippen LogP contribution >= 0.6 is 11.8 Å². The molecule has 0 aliphatic carbocycles. The minimum absolute atomic E-state index is 0.00333. The molecule has 102 valence electrons. The summed E-state index contributed by atoms with van der Waals surface area (Å²) in [5.41, 5.74) is -5.18. The first kappa shape index (κ1) is 15.4. The van der Waals surface area contributed by atoms with E-state index in [-0.39, 0.29) is 22.2 Å². The first-order chi connectivity index (χ1) is 8.63. The van der Waals surface area contributed by atoms with E-state index >= 15 is 0 Å². The lowest BCUT2D eigenvalue weighted by Crippen LogP contribution is -2.42. The van der Waals surface area contributed by atoms with Gasteiger partial charge in [0, 0.05) is 10.5 Å². The van der Waals surface area contributed by atoms with E-state index in [9.17, 15) is 18.0 Å². The van der Waals surface area contributed by atoms with Crippen molar-refractivity contribution in [3.05, 3.63) is 29.8 Å². The van der Waals surface area contributed by atoms with Gasteiger partial charge in [0.1, 0.15) is 5.54 Å². The van der Waals surface area contributed by atoms with Gasteiger partial charge in [0.05, 0.1) is 6.07 Å². The van der Waals surface area contributed by atoms with Gasteiger partial charge in [0.15, 0.2) is 0 Å². The van der Waals surface area contributed by atoms with Gasteiger partial charge < -0.3 is 5.32 Å². The molecule has 0 aliphatic rings. The molecule has 0 atom stereocenters. The average molecular weight is 288 g/mol. The molecule has 0 bridgehead atoms. The van der Waals surface area contributed by atoms with Crippen molar-refractivity contribution in [2.45, 2.75) is 29.8 Å². The van der Waals surface area contributed by atoms with Gasteiger partial charge in [0.25, 0.3) is 5.91 Å². The van der Waals surface area contributed by atoms with E-state index in [1.54, 1.807) is 0 Å². The molecule has 0 saturated carbocycles. The third kappa shape index (κ3) is 5.22. The van der Waals surface area contributed by atoms with Crippen LogP contribution in [0.15, 0.2) is 29.2 Å². The maximum Gasteiger partial charge on any atom is 0.446 e. The second-order valence-electron chi connectivity index (χ2n) is 4.26. The zero-order valence-corrected chi connectivity index (χ0v) is 11.0. The fraction of sp³-hybridized carbons (Fsp3) is 0.333. The maximum absolute atomic E-state index is 12.1. The predicted octanol–water partition coefficient (Wildman–Crippen LogP) is 3.33. The van der Waals surface area contributed by atoms with Gasteiger partial charge in [-0.3, -0.25) is 4.79 Å². The highest BCUT2D eigenvalue weighted by atomic mass is 32.2. The number of nitrogens with one attached hydrogen (secondary N) is 1. The molecule has 0 unspecified atom stereocenters. The van der Waals surface area contributed by atoms with Crippen LogP contribution in [0.5, 0.6) is 0 Å². The van der Waals surface area contributed by atoms with E-state index in [1.807, 2.05) is 6.07 Å². The highest BCUT2D eigenvalue weighted by Gasteiger charge is 2.29. The van der Waals surface area contributed by atoms with Crippen molar-refractivity contribution in [1.82, 2.24) is 5.32 Å². The van der Waals surface area contributed by atoms with Gasteiger partial charge >= 0.3 is 5.51 Å². The third-order valence-corrected chi connectivity index (χ3v) is 2.79. The van der Waals surface area contributed by atoms with Crippen LogP contribution in [0.3, 0.4) is 0 Å². The first-order valence-electron chi connectivity index (χ1n) is 5.22. The lowest BCUT2D eigenvalue weighted by atomic mass is 10.1. The zero-order chi connectivity index (χ0) is 14.7. The summed E-state index contributed by atoms with van der Waals surface area (Å²) >= 11 is -0.245. The molecule has 0 saturated heterocycles. The van der Waals surface area contributed by atoms with Gasteiger partial charge in [-0.2, -0.15) is 18.4 Å². The number of rotatable bonds is 3. The number of thioether (sulfide) groups is 1. The molecule has 7 heteroatoms. The lowest BCUT2D eigenvalue weighted by molar-refractivity contribution is -0.0328.